The van der Waals surface area contributed by atoms with Crippen LogP contribution >= 0.6 is 0 Å². The van der Waals surface area contributed by atoms with Crippen molar-refractivity contribution in [2.45, 2.75) is 52.5 Å². The van der Waals surface area contributed by atoms with E-state index >= 15 is 0 Å². The van der Waals surface area contributed by atoms with Crippen LogP contribution in [0.2, 0.25) is 0 Å². The number of carbonyl (C=O) groups excluding carboxylic acids is 1. The van der Waals surface area contributed by atoms with E-state index in [1.165, 1.54) is 12.8 Å². The molecule has 1 amide bonds. The summed E-state index contributed by atoms with van der Waals surface area (Å²) in [6.07, 6.45) is 3.22. The third kappa shape index (κ3) is 6.02. The number of rotatable bonds is 7. The Hall–Kier alpha value is -1.93. The fraction of sp³-hybridized carbons (Fsp3) is 0.762. The highest BCUT2D eigenvalue weighted by Crippen LogP contribution is 2.17. The van der Waals surface area contributed by atoms with Crippen molar-refractivity contribution in [1.82, 2.24) is 20.2 Å². The second-order valence-electron chi connectivity index (χ2n) is 8.45. The van der Waals surface area contributed by atoms with E-state index in [0.29, 0.717) is 55.8 Å². The molecule has 162 valence electrons. The lowest BCUT2D eigenvalue weighted by Gasteiger charge is -2.35. The molecule has 2 N–H and O–H groups in total. The predicted octanol–water partition coefficient (Wildman–Crippen LogP) is 1.08. The molecular formula is C21H35N5O3. The van der Waals surface area contributed by atoms with Crippen molar-refractivity contribution in [2.24, 2.45) is 5.92 Å². The van der Waals surface area contributed by atoms with E-state index in [-0.39, 0.29) is 11.5 Å². The maximum atomic E-state index is 12.5. The van der Waals surface area contributed by atoms with Crippen LogP contribution in [0.15, 0.2) is 4.79 Å². The van der Waals surface area contributed by atoms with E-state index in [1.807, 2.05) is 11.8 Å². The van der Waals surface area contributed by atoms with Gasteiger partial charge in [-0.25, -0.2) is 4.98 Å². The summed E-state index contributed by atoms with van der Waals surface area (Å²) in [5, 5.41) is 3.03. The van der Waals surface area contributed by atoms with E-state index < -0.39 is 0 Å². The molecule has 0 aliphatic carbocycles. The van der Waals surface area contributed by atoms with Gasteiger partial charge in [0.2, 0.25) is 11.9 Å². The van der Waals surface area contributed by atoms with Crippen molar-refractivity contribution in [3.8, 4) is 0 Å². The zero-order valence-corrected chi connectivity index (χ0v) is 18.0. The molecule has 1 aromatic heterocycles. The first-order valence-corrected chi connectivity index (χ1v) is 10.9. The topological polar surface area (TPSA) is 90.6 Å². The van der Waals surface area contributed by atoms with Gasteiger partial charge in [-0.15, -0.1) is 0 Å². The van der Waals surface area contributed by atoms with Crippen LogP contribution in [0.5, 0.6) is 0 Å². The van der Waals surface area contributed by atoms with Gasteiger partial charge in [-0.3, -0.25) is 19.5 Å². The molecule has 0 spiro atoms. The number of piperidine rings is 1. The van der Waals surface area contributed by atoms with Crippen molar-refractivity contribution in [1.29, 1.82) is 0 Å². The first-order valence-electron chi connectivity index (χ1n) is 10.9. The molecule has 2 atom stereocenters. The molecule has 2 saturated heterocycles. The molecule has 8 heteroatoms. The highest BCUT2D eigenvalue weighted by molar-refractivity contribution is 5.76. The van der Waals surface area contributed by atoms with Crippen LogP contribution in [0.4, 0.5) is 5.95 Å². The van der Waals surface area contributed by atoms with Crippen LogP contribution < -0.4 is 15.8 Å². The molecular weight excluding hydrogens is 370 g/mol. The number of nitrogens with zero attached hydrogens (tertiary/aromatic N) is 3. The Bertz CT molecular complexity index is 744. The number of amides is 1. The van der Waals surface area contributed by atoms with Crippen molar-refractivity contribution in [2.75, 3.05) is 50.8 Å². The Morgan fingerprint density at radius 3 is 2.79 bits per heavy atom. The van der Waals surface area contributed by atoms with Crippen molar-refractivity contribution < 1.29 is 9.53 Å². The molecule has 0 aromatic carbocycles. The Balaban J connectivity index is 1.48. The standard InChI is InChI=1S/C21H35N5O3/c1-15-5-4-8-26(14-15)16(2)13-22-19(27)7-6-18-17(3)23-21(24-20(18)28)25-9-11-29-12-10-25/h15-16H,4-14H2,1-3H3,(H,22,27)(H,23,24,28). The summed E-state index contributed by atoms with van der Waals surface area (Å²) in [5.74, 6) is 1.30. The Morgan fingerprint density at radius 1 is 1.34 bits per heavy atom. The summed E-state index contributed by atoms with van der Waals surface area (Å²) >= 11 is 0. The smallest absolute Gasteiger partial charge is 0.255 e. The van der Waals surface area contributed by atoms with Crippen LogP contribution in [0.3, 0.4) is 0 Å². The number of aryl methyl sites for hydroxylation is 1. The first kappa shape index (κ1) is 21.8. The summed E-state index contributed by atoms with van der Waals surface area (Å²) < 4.78 is 5.34. The van der Waals surface area contributed by atoms with Gasteiger partial charge in [-0.2, -0.15) is 0 Å². The van der Waals surface area contributed by atoms with E-state index in [1.54, 1.807) is 0 Å². The summed E-state index contributed by atoms with van der Waals surface area (Å²) in [6.45, 7) is 11.9. The lowest BCUT2D eigenvalue weighted by Crippen LogP contribution is -2.46. The zero-order chi connectivity index (χ0) is 20.8. The number of H-pyrrole nitrogens is 1. The van der Waals surface area contributed by atoms with Crippen molar-refractivity contribution >= 4 is 11.9 Å². The molecule has 3 heterocycles. The number of aromatic amines is 1. The van der Waals surface area contributed by atoms with Crippen LogP contribution in [-0.2, 0) is 16.0 Å². The van der Waals surface area contributed by atoms with Gasteiger partial charge in [0.25, 0.3) is 5.56 Å². The average Bonchev–Trinajstić information content (AvgIpc) is 2.72. The maximum absolute atomic E-state index is 12.5. The maximum Gasteiger partial charge on any atom is 0.255 e. The third-order valence-electron chi connectivity index (χ3n) is 6.03. The highest BCUT2D eigenvalue weighted by Gasteiger charge is 2.21. The number of carbonyl (C=O) groups is 1. The normalized spacial score (nSPS) is 21.8. The number of likely N-dealkylation sites (tertiary alicyclic amines) is 1. The summed E-state index contributed by atoms with van der Waals surface area (Å²) in [7, 11) is 0. The summed E-state index contributed by atoms with van der Waals surface area (Å²) in [5.41, 5.74) is 1.14. The van der Waals surface area contributed by atoms with Gasteiger partial charge in [-0.1, -0.05) is 6.92 Å². The Morgan fingerprint density at radius 2 is 2.10 bits per heavy atom. The van der Waals surface area contributed by atoms with Gasteiger partial charge in [0.1, 0.15) is 0 Å². The van der Waals surface area contributed by atoms with Crippen molar-refractivity contribution in [3.05, 3.63) is 21.6 Å². The largest absolute Gasteiger partial charge is 0.378 e. The monoisotopic (exact) mass is 405 g/mol. The third-order valence-corrected chi connectivity index (χ3v) is 6.03. The Labute approximate surface area is 173 Å². The predicted molar refractivity (Wildman–Crippen MR) is 113 cm³/mol. The number of ether oxygens (including phenoxy) is 1. The molecule has 0 bridgehead atoms. The number of hydrogen-bond donors (Lipinski definition) is 2. The van der Waals surface area contributed by atoms with Crippen LogP contribution in [0, 0.1) is 12.8 Å². The second kappa shape index (κ2) is 10.2. The van der Waals surface area contributed by atoms with E-state index in [4.69, 9.17) is 4.74 Å². The number of morpholine rings is 1. The SMILES string of the molecule is Cc1nc(N2CCOCC2)[nH]c(=O)c1CCC(=O)NCC(C)N1CCCC(C)C1. The van der Waals surface area contributed by atoms with Crippen LogP contribution in [0.25, 0.3) is 0 Å². The van der Waals surface area contributed by atoms with Gasteiger partial charge in [0.15, 0.2) is 0 Å². The van der Waals surface area contributed by atoms with Gasteiger partial charge in [0.05, 0.1) is 13.2 Å². The van der Waals surface area contributed by atoms with Crippen LogP contribution in [0.1, 0.15) is 44.4 Å². The van der Waals surface area contributed by atoms with Crippen molar-refractivity contribution in [3.63, 3.8) is 0 Å². The summed E-state index contributed by atoms with van der Waals surface area (Å²) in [6, 6.07) is 0.335. The van der Waals surface area contributed by atoms with Gasteiger partial charge in [-0.05, 0) is 45.6 Å². The summed E-state index contributed by atoms with van der Waals surface area (Å²) in [4.78, 5) is 36.8. The molecule has 0 radical (unpaired) electrons. The molecule has 2 aliphatic heterocycles. The molecule has 0 saturated carbocycles. The second-order valence-corrected chi connectivity index (χ2v) is 8.45. The van der Waals surface area contributed by atoms with Crippen LogP contribution in [-0.4, -0.2) is 72.8 Å². The van der Waals surface area contributed by atoms with Gasteiger partial charge in [0, 0.05) is 49.9 Å². The van der Waals surface area contributed by atoms with Gasteiger partial charge >= 0.3 is 0 Å². The fourth-order valence-electron chi connectivity index (χ4n) is 4.16. The molecule has 2 fully saturated rings. The quantitative estimate of drug-likeness (QED) is 0.706. The Kier molecular flexibility index (Phi) is 7.66. The van der Waals surface area contributed by atoms with E-state index in [0.717, 1.165) is 32.1 Å². The lowest BCUT2D eigenvalue weighted by atomic mass is 9.99. The molecule has 1 aromatic rings. The molecule has 29 heavy (non-hydrogen) atoms. The number of nitrogens with one attached hydrogen (secondary N) is 2. The highest BCUT2D eigenvalue weighted by atomic mass is 16.5. The number of hydrogen-bond acceptors (Lipinski definition) is 6. The zero-order valence-electron chi connectivity index (χ0n) is 18.0. The average molecular weight is 406 g/mol. The van der Waals surface area contributed by atoms with E-state index in [2.05, 4.69) is 34.0 Å². The number of anilines is 1. The minimum Gasteiger partial charge on any atom is -0.378 e. The van der Waals surface area contributed by atoms with E-state index in [9.17, 15) is 9.59 Å². The first-order chi connectivity index (χ1) is 13.9. The minimum absolute atomic E-state index is 0.0158. The van der Waals surface area contributed by atoms with Gasteiger partial charge < -0.3 is 15.0 Å². The molecule has 8 nitrogen and oxygen atoms in total. The molecule has 3 rings (SSSR count). The fourth-order valence-corrected chi connectivity index (χ4v) is 4.16. The lowest BCUT2D eigenvalue weighted by molar-refractivity contribution is -0.121. The molecule has 2 unspecified atom stereocenters. The number of aromatic nitrogens is 2. The molecule has 2 aliphatic rings. The minimum atomic E-state index is -0.150.